The first kappa shape index (κ1) is 14.4. The van der Waals surface area contributed by atoms with Crippen LogP contribution in [0.15, 0.2) is 18.5 Å². The number of carbonyl (C=O) groups is 2. The molecule has 2 atom stereocenters. The minimum absolute atomic E-state index is 0.0327. The van der Waals surface area contributed by atoms with Gasteiger partial charge in [0.1, 0.15) is 6.04 Å². The van der Waals surface area contributed by atoms with Crippen molar-refractivity contribution in [1.29, 1.82) is 0 Å². The maximum atomic E-state index is 11.9. The minimum atomic E-state index is -0.639. The molecular weight excluding hydrogens is 264 g/mol. The van der Waals surface area contributed by atoms with E-state index in [4.69, 9.17) is 0 Å². The zero-order valence-corrected chi connectivity index (χ0v) is 11.0. The molecule has 0 spiro atoms. The van der Waals surface area contributed by atoms with Crippen LogP contribution in [0.5, 0.6) is 0 Å². The van der Waals surface area contributed by atoms with Crippen molar-refractivity contribution in [1.82, 2.24) is 14.9 Å². The average molecular weight is 280 g/mol. The third-order valence-corrected chi connectivity index (χ3v) is 3.02. The van der Waals surface area contributed by atoms with Crippen molar-refractivity contribution in [2.24, 2.45) is 0 Å². The molecule has 0 saturated carbocycles. The van der Waals surface area contributed by atoms with E-state index in [9.17, 15) is 14.7 Å². The first-order chi connectivity index (χ1) is 9.60. The van der Waals surface area contributed by atoms with Crippen LogP contribution in [0.4, 0.5) is 5.95 Å². The van der Waals surface area contributed by atoms with E-state index in [1.165, 1.54) is 19.5 Å². The van der Waals surface area contributed by atoms with E-state index < -0.39 is 18.1 Å². The van der Waals surface area contributed by atoms with Gasteiger partial charge >= 0.3 is 5.97 Å². The number of β-amino-alcohol motifs (C(OH)–C–C–N with tert-alkyl or cyclic N) is 1. The Balaban J connectivity index is 1.94. The van der Waals surface area contributed by atoms with Crippen LogP contribution in [-0.4, -0.2) is 64.2 Å². The van der Waals surface area contributed by atoms with Gasteiger partial charge in [0.15, 0.2) is 0 Å². The number of nitrogens with one attached hydrogen (secondary N) is 1. The summed E-state index contributed by atoms with van der Waals surface area (Å²) in [6.07, 6.45) is 2.65. The number of aliphatic hydroxyl groups is 1. The molecule has 1 aliphatic heterocycles. The SMILES string of the molecule is COC(=O)C1CC(O)CN1CC(=O)Nc1ncccn1. The Kier molecular flexibility index (Phi) is 4.59. The Labute approximate surface area is 115 Å². The molecule has 2 N–H and O–H groups in total. The fourth-order valence-electron chi connectivity index (χ4n) is 2.15. The number of hydrogen-bond donors (Lipinski definition) is 2. The van der Waals surface area contributed by atoms with Crippen molar-refractivity contribution in [2.45, 2.75) is 18.6 Å². The number of nitrogens with zero attached hydrogens (tertiary/aromatic N) is 3. The minimum Gasteiger partial charge on any atom is -0.468 e. The van der Waals surface area contributed by atoms with Crippen molar-refractivity contribution in [3.63, 3.8) is 0 Å². The largest absolute Gasteiger partial charge is 0.468 e. The van der Waals surface area contributed by atoms with E-state index in [1.54, 1.807) is 11.0 Å². The van der Waals surface area contributed by atoms with Gasteiger partial charge in [0, 0.05) is 25.4 Å². The van der Waals surface area contributed by atoms with Crippen LogP contribution in [0.25, 0.3) is 0 Å². The first-order valence-corrected chi connectivity index (χ1v) is 6.17. The predicted molar refractivity (Wildman–Crippen MR) is 68.7 cm³/mol. The van der Waals surface area contributed by atoms with E-state index in [0.717, 1.165) is 0 Å². The molecular formula is C12H16N4O4. The second-order valence-electron chi connectivity index (χ2n) is 4.48. The smallest absolute Gasteiger partial charge is 0.323 e. The molecule has 1 fully saturated rings. The zero-order valence-electron chi connectivity index (χ0n) is 11.0. The van der Waals surface area contributed by atoms with Crippen LogP contribution in [0.3, 0.4) is 0 Å². The molecule has 20 heavy (non-hydrogen) atoms. The van der Waals surface area contributed by atoms with Gasteiger partial charge in [0.2, 0.25) is 11.9 Å². The molecule has 2 rings (SSSR count). The molecule has 1 aromatic rings. The normalized spacial score (nSPS) is 22.5. The maximum Gasteiger partial charge on any atom is 0.323 e. The molecule has 2 heterocycles. The molecule has 108 valence electrons. The lowest BCUT2D eigenvalue weighted by Gasteiger charge is -2.20. The van der Waals surface area contributed by atoms with Crippen molar-refractivity contribution < 1.29 is 19.4 Å². The third-order valence-electron chi connectivity index (χ3n) is 3.02. The Hall–Kier alpha value is -2.06. The summed E-state index contributed by atoms with van der Waals surface area (Å²) in [7, 11) is 1.28. The Bertz CT molecular complexity index is 482. The fraction of sp³-hybridized carbons (Fsp3) is 0.500. The number of esters is 1. The Morgan fingerprint density at radius 1 is 1.50 bits per heavy atom. The lowest BCUT2D eigenvalue weighted by molar-refractivity contribution is -0.146. The molecule has 8 heteroatoms. The molecule has 0 aliphatic carbocycles. The number of aliphatic hydroxyl groups excluding tert-OH is 1. The highest BCUT2D eigenvalue weighted by atomic mass is 16.5. The van der Waals surface area contributed by atoms with Gasteiger partial charge in [-0.2, -0.15) is 0 Å². The molecule has 2 unspecified atom stereocenters. The second kappa shape index (κ2) is 6.40. The molecule has 1 aromatic heterocycles. The zero-order chi connectivity index (χ0) is 14.5. The maximum absolute atomic E-state index is 11.9. The highest BCUT2D eigenvalue weighted by Crippen LogP contribution is 2.18. The fourth-order valence-corrected chi connectivity index (χ4v) is 2.15. The number of carbonyl (C=O) groups excluding carboxylic acids is 2. The lowest BCUT2D eigenvalue weighted by Crippen LogP contribution is -2.41. The van der Waals surface area contributed by atoms with Crippen LogP contribution in [0.1, 0.15) is 6.42 Å². The van der Waals surface area contributed by atoms with Gasteiger partial charge < -0.3 is 9.84 Å². The van der Waals surface area contributed by atoms with Crippen molar-refractivity contribution >= 4 is 17.8 Å². The number of likely N-dealkylation sites (tertiary alicyclic amines) is 1. The first-order valence-electron chi connectivity index (χ1n) is 6.17. The monoisotopic (exact) mass is 280 g/mol. The molecule has 1 saturated heterocycles. The highest BCUT2D eigenvalue weighted by molar-refractivity contribution is 5.91. The third kappa shape index (κ3) is 3.49. The van der Waals surface area contributed by atoms with Gasteiger partial charge in [-0.05, 0) is 6.07 Å². The number of methoxy groups -OCH3 is 1. The summed E-state index contributed by atoms with van der Waals surface area (Å²) in [4.78, 5) is 32.8. The molecule has 0 radical (unpaired) electrons. The van der Waals surface area contributed by atoms with E-state index in [2.05, 4.69) is 20.0 Å². The van der Waals surface area contributed by atoms with Gasteiger partial charge in [0.05, 0.1) is 19.8 Å². The summed E-state index contributed by atoms with van der Waals surface area (Å²) in [6, 6.07) is 1.04. The topological polar surface area (TPSA) is 105 Å². The summed E-state index contributed by atoms with van der Waals surface area (Å²) in [5, 5.41) is 12.1. The second-order valence-corrected chi connectivity index (χ2v) is 4.48. The number of ether oxygens (including phenoxy) is 1. The lowest BCUT2D eigenvalue weighted by atomic mass is 10.2. The van der Waals surface area contributed by atoms with Crippen molar-refractivity contribution in [3.8, 4) is 0 Å². The van der Waals surface area contributed by atoms with Crippen molar-refractivity contribution in [2.75, 3.05) is 25.5 Å². The average Bonchev–Trinajstić information content (AvgIpc) is 2.79. The summed E-state index contributed by atoms with van der Waals surface area (Å²) < 4.78 is 4.66. The van der Waals surface area contributed by atoms with Crippen LogP contribution < -0.4 is 5.32 Å². The summed E-state index contributed by atoms with van der Waals surface area (Å²) >= 11 is 0. The Morgan fingerprint density at radius 2 is 2.20 bits per heavy atom. The highest BCUT2D eigenvalue weighted by Gasteiger charge is 2.37. The molecule has 1 amide bonds. The summed E-state index contributed by atoms with van der Waals surface area (Å²) in [5.41, 5.74) is 0. The van der Waals surface area contributed by atoms with Gasteiger partial charge in [0.25, 0.3) is 0 Å². The standard InChI is InChI=1S/C12H16N4O4/c1-20-11(19)9-5-8(17)6-16(9)7-10(18)15-12-13-3-2-4-14-12/h2-4,8-9,17H,5-7H2,1H3,(H,13,14,15,18). The van der Waals surface area contributed by atoms with E-state index in [0.29, 0.717) is 0 Å². The van der Waals surface area contributed by atoms with Crippen molar-refractivity contribution in [3.05, 3.63) is 18.5 Å². The number of anilines is 1. The Morgan fingerprint density at radius 3 is 2.85 bits per heavy atom. The number of aromatic nitrogens is 2. The summed E-state index contributed by atoms with van der Waals surface area (Å²) in [6.45, 7) is 0.220. The van der Waals surface area contributed by atoms with Crippen LogP contribution in [0.2, 0.25) is 0 Å². The molecule has 0 bridgehead atoms. The quantitative estimate of drug-likeness (QED) is 0.683. The van der Waals surface area contributed by atoms with E-state index in [-0.39, 0.29) is 31.4 Å². The van der Waals surface area contributed by atoms with Gasteiger partial charge in [-0.15, -0.1) is 0 Å². The van der Waals surface area contributed by atoms with Gasteiger partial charge in [-0.3, -0.25) is 19.8 Å². The predicted octanol–water partition coefficient (Wildman–Crippen LogP) is -0.977. The molecule has 0 aromatic carbocycles. The van der Waals surface area contributed by atoms with Crippen LogP contribution in [0, 0.1) is 0 Å². The van der Waals surface area contributed by atoms with Gasteiger partial charge in [-0.25, -0.2) is 9.97 Å². The number of rotatable bonds is 4. The molecule has 1 aliphatic rings. The van der Waals surface area contributed by atoms with E-state index in [1.807, 2.05) is 0 Å². The van der Waals surface area contributed by atoms with Gasteiger partial charge in [-0.1, -0.05) is 0 Å². The number of hydrogen-bond acceptors (Lipinski definition) is 7. The number of amides is 1. The van der Waals surface area contributed by atoms with Crippen LogP contribution >= 0.6 is 0 Å². The van der Waals surface area contributed by atoms with Crippen LogP contribution in [-0.2, 0) is 14.3 Å². The molecule has 8 nitrogen and oxygen atoms in total. The summed E-state index contributed by atoms with van der Waals surface area (Å²) in [5.74, 6) is -0.601. The van der Waals surface area contributed by atoms with E-state index >= 15 is 0 Å².